The Balaban J connectivity index is 1.69. The van der Waals surface area contributed by atoms with Crippen LogP contribution in [0.15, 0.2) is 42.5 Å². The summed E-state index contributed by atoms with van der Waals surface area (Å²) >= 11 is 6.41. The highest BCUT2D eigenvalue weighted by Crippen LogP contribution is 2.34. The van der Waals surface area contributed by atoms with E-state index in [1.165, 1.54) is 0 Å². The van der Waals surface area contributed by atoms with Gasteiger partial charge >= 0.3 is 0 Å². The van der Waals surface area contributed by atoms with Gasteiger partial charge in [-0.25, -0.2) is 0 Å². The van der Waals surface area contributed by atoms with E-state index in [0.717, 1.165) is 30.1 Å². The zero-order chi connectivity index (χ0) is 19.2. The number of anilines is 2. The number of carbonyl (C=O) groups excluding carboxylic acids is 1. The van der Waals surface area contributed by atoms with Crippen LogP contribution in [0, 0.1) is 0 Å². The maximum Gasteiger partial charge on any atom is 0.262 e. The van der Waals surface area contributed by atoms with E-state index in [2.05, 4.69) is 24.1 Å². The highest BCUT2D eigenvalue weighted by atomic mass is 35.5. The van der Waals surface area contributed by atoms with Crippen molar-refractivity contribution in [2.24, 2.45) is 0 Å². The van der Waals surface area contributed by atoms with Gasteiger partial charge in [-0.15, -0.1) is 0 Å². The van der Waals surface area contributed by atoms with Gasteiger partial charge in [-0.3, -0.25) is 4.79 Å². The van der Waals surface area contributed by atoms with Crippen molar-refractivity contribution in [2.45, 2.75) is 19.8 Å². The molecule has 1 aliphatic rings. The van der Waals surface area contributed by atoms with Crippen LogP contribution in [0.4, 0.5) is 11.4 Å². The second-order valence-corrected chi connectivity index (χ2v) is 7.17. The summed E-state index contributed by atoms with van der Waals surface area (Å²) in [6.45, 7) is 6.92. The second-order valence-electron chi connectivity index (χ2n) is 6.76. The van der Waals surface area contributed by atoms with Crippen LogP contribution in [0.25, 0.3) is 0 Å². The van der Waals surface area contributed by atoms with Gasteiger partial charge < -0.3 is 19.7 Å². The SMILES string of the molecule is CC(C)c1ccccc1OCC(=O)Nc1cccc(Cl)c1N1CCOCC1. The first kappa shape index (κ1) is 19.5. The smallest absolute Gasteiger partial charge is 0.262 e. The van der Waals surface area contributed by atoms with Crippen LogP contribution < -0.4 is 15.0 Å². The van der Waals surface area contributed by atoms with Gasteiger partial charge in [0.25, 0.3) is 5.91 Å². The average Bonchev–Trinajstić information content (AvgIpc) is 2.67. The first-order chi connectivity index (χ1) is 13.1. The lowest BCUT2D eigenvalue weighted by Crippen LogP contribution is -2.37. The minimum atomic E-state index is -0.217. The molecule has 2 aromatic carbocycles. The predicted molar refractivity (Wildman–Crippen MR) is 109 cm³/mol. The molecule has 0 unspecified atom stereocenters. The number of benzene rings is 2. The number of ether oxygens (including phenoxy) is 2. The molecule has 0 saturated carbocycles. The molecule has 0 bridgehead atoms. The van der Waals surface area contributed by atoms with Crippen LogP contribution in [0.3, 0.4) is 0 Å². The Labute approximate surface area is 165 Å². The van der Waals surface area contributed by atoms with Crippen molar-refractivity contribution in [3.63, 3.8) is 0 Å². The van der Waals surface area contributed by atoms with Gasteiger partial charge in [0.15, 0.2) is 6.61 Å². The molecule has 3 rings (SSSR count). The maximum atomic E-state index is 12.5. The van der Waals surface area contributed by atoms with Crippen molar-refractivity contribution in [2.75, 3.05) is 43.1 Å². The third-order valence-corrected chi connectivity index (χ3v) is 4.79. The monoisotopic (exact) mass is 388 g/mol. The topological polar surface area (TPSA) is 50.8 Å². The van der Waals surface area contributed by atoms with Gasteiger partial charge in [0.2, 0.25) is 0 Å². The molecule has 0 aromatic heterocycles. The zero-order valence-electron chi connectivity index (χ0n) is 15.7. The molecule has 1 fully saturated rings. The lowest BCUT2D eigenvalue weighted by molar-refractivity contribution is -0.118. The highest BCUT2D eigenvalue weighted by molar-refractivity contribution is 6.34. The lowest BCUT2D eigenvalue weighted by atomic mass is 10.0. The van der Waals surface area contributed by atoms with Crippen LogP contribution in [0.1, 0.15) is 25.3 Å². The Morgan fingerprint density at radius 3 is 2.67 bits per heavy atom. The number of nitrogens with one attached hydrogen (secondary N) is 1. The van der Waals surface area contributed by atoms with Crippen molar-refractivity contribution in [3.8, 4) is 5.75 Å². The summed E-state index contributed by atoms with van der Waals surface area (Å²) in [5.74, 6) is 0.845. The number of amides is 1. The molecular weight excluding hydrogens is 364 g/mol. The highest BCUT2D eigenvalue weighted by Gasteiger charge is 2.19. The number of halogens is 1. The van der Waals surface area contributed by atoms with Gasteiger partial charge in [-0.2, -0.15) is 0 Å². The normalized spacial score (nSPS) is 14.3. The zero-order valence-corrected chi connectivity index (χ0v) is 16.5. The number of hydrogen-bond donors (Lipinski definition) is 1. The van der Waals surface area contributed by atoms with Crippen molar-refractivity contribution in [1.29, 1.82) is 0 Å². The molecule has 0 atom stereocenters. The van der Waals surface area contributed by atoms with Gasteiger partial charge in [0.05, 0.1) is 29.6 Å². The summed E-state index contributed by atoms with van der Waals surface area (Å²) in [5, 5.41) is 3.55. The van der Waals surface area contributed by atoms with E-state index in [-0.39, 0.29) is 12.5 Å². The molecule has 2 aromatic rings. The van der Waals surface area contributed by atoms with E-state index in [4.69, 9.17) is 21.1 Å². The Morgan fingerprint density at radius 1 is 1.19 bits per heavy atom. The van der Waals surface area contributed by atoms with Crippen molar-refractivity contribution in [3.05, 3.63) is 53.1 Å². The number of hydrogen-bond acceptors (Lipinski definition) is 4. The fourth-order valence-corrected chi connectivity index (χ4v) is 3.44. The third kappa shape index (κ3) is 4.93. The van der Waals surface area contributed by atoms with E-state index in [9.17, 15) is 4.79 Å². The van der Waals surface area contributed by atoms with Gasteiger partial charge in [0, 0.05) is 13.1 Å². The molecule has 1 heterocycles. The molecule has 144 valence electrons. The van der Waals surface area contributed by atoms with Crippen molar-refractivity contribution < 1.29 is 14.3 Å². The Hall–Kier alpha value is -2.24. The molecule has 6 heteroatoms. The van der Waals surface area contributed by atoms with E-state index in [0.29, 0.717) is 29.8 Å². The van der Waals surface area contributed by atoms with Crippen LogP contribution in [-0.4, -0.2) is 38.8 Å². The number of nitrogens with zero attached hydrogens (tertiary/aromatic N) is 1. The number of para-hydroxylation sites is 2. The van der Waals surface area contributed by atoms with Crippen LogP contribution in [0.5, 0.6) is 5.75 Å². The maximum absolute atomic E-state index is 12.5. The van der Waals surface area contributed by atoms with E-state index in [1.807, 2.05) is 42.5 Å². The second kappa shape index (κ2) is 9.11. The molecule has 0 aliphatic carbocycles. The van der Waals surface area contributed by atoms with E-state index < -0.39 is 0 Å². The quantitative estimate of drug-likeness (QED) is 0.800. The van der Waals surface area contributed by atoms with Crippen LogP contribution >= 0.6 is 11.6 Å². The molecule has 27 heavy (non-hydrogen) atoms. The molecule has 1 amide bonds. The van der Waals surface area contributed by atoms with E-state index >= 15 is 0 Å². The predicted octanol–water partition coefficient (Wildman–Crippen LogP) is 4.32. The molecule has 0 spiro atoms. The molecule has 0 radical (unpaired) electrons. The van der Waals surface area contributed by atoms with Crippen LogP contribution in [-0.2, 0) is 9.53 Å². The number of carbonyl (C=O) groups is 1. The number of rotatable bonds is 6. The summed E-state index contributed by atoms with van der Waals surface area (Å²) in [6.07, 6.45) is 0. The summed E-state index contributed by atoms with van der Waals surface area (Å²) < 4.78 is 11.2. The first-order valence-corrected chi connectivity index (χ1v) is 9.57. The fraction of sp³-hybridized carbons (Fsp3) is 0.381. The minimum Gasteiger partial charge on any atom is -0.483 e. The van der Waals surface area contributed by atoms with Crippen LogP contribution in [0.2, 0.25) is 5.02 Å². The summed E-state index contributed by atoms with van der Waals surface area (Å²) in [6, 6.07) is 13.3. The standard InChI is InChI=1S/C21H25ClN2O3/c1-15(2)16-6-3-4-9-19(16)27-14-20(25)23-18-8-5-7-17(22)21(18)24-10-12-26-13-11-24/h3-9,15H,10-14H2,1-2H3,(H,23,25). The molecule has 1 aliphatic heterocycles. The molecule has 1 N–H and O–H groups in total. The number of morpholine rings is 1. The lowest BCUT2D eigenvalue weighted by Gasteiger charge is -2.31. The first-order valence-electron chi connectivity index (χ1n) is 9.19. The Morgan fingerprint density at radius 2 is 1.93 bits per heavy atom. The minimum absolute atomic E-state index is 0.0567. The summed E-state index contributed by atoms with van der Waals surface area (Å²) in [4.78, 5) is 14.6. The van der Waals surface area contributed by atoms with Crippen molar-refractivity contribution in [1.82, 2.24) is 0 Å². The summed E-state index contributed by atoms with van der Waals surface area (Å²) in [5.41, 5.74) is 2.61. The summed E-state index contributed by atoms with van der Waals surface area (Å²) in [7, 11) is 0. The fourth-order valence-electron chi connectivity index (χ4n) is 3.14. The van der Waals surface area contributed by atoms with E-state index in [1.54, 1.807) is 0 Å². The molecular formula is C21H25ClN2O3. The average molecular weight is 389 g/mol. The largest absolute Gasteiger partial charge is 0.483 e. The Kier molecular flexibility index (Phi) is 6.58. The molecule has 1 saturated heterocycles. The third-order valence-electron chi connectivity index (χ3n) is 4.49. The Bertz CT molecular complexity index is 789. The van der Waals surface area contributed by atoms with Gasteiger partial charge in [0.1, 0.15) is 5.75 Å². The molecule has 5 nitrogen and oxygen atoms in total. The van der Waals surface area contributed by atoms with Crippen molar-refractivity contribution >= 4 is 28.9 Å². The van der Waals surface area contributed by atoms with Gasteiger partial charge in [-0.05, 0) is 29.7 Å². The van der Waals surface area contributed by atoms with Gasteiger partial charge in [-0.1, -0.05) is 49.7 Å².